The molecule has 4 heterocycles. The zero-order valence-corrected chi connectivity index (χ0v) is 17.2. The molecule has 0 saturated carbocycles. The normalized spacial score (nSPS) is 22.2. The van der Waals surface area contributed by atoms with Crippen LogP contribution in [0.4, 0.5) is 5.82 Å². The second kappa shape index (κ2) is 8.05. The number of anilines is 1. The number of carbonyl (C=O) groups is 1. The van der Waals surface area contributed by atoms with Crippen molar-refractivity contribution in [1.29, 1.82) is 0 Å². The maximum absolute atomic E-state index is 13.2. The number of rotatable bonds is 5. The van der Waals surface area contributed by atoms with Crippen molar-refractivity contribution < 1.29 is 4.79 Å². The quantitative estimate of drug-likeness (QED) is 0.775. The summed E-state index contributed by atoms with van der Waals surface area (Å²) >= 11 is 0. The van der Waals surface area contributed by atoms with E-state index in [4.69, 9.17) is 0 Å². The molecule has 0 bridgehead atoms. The number of amides is 1. The molecule has 0 spiro atoms. The van der Waals surface area contributed by atoms with E-state index in [1.807, 2.05) is 40.5 Å². The van der Waals surface area contributed by atoms with Crippen molar-refractivity contribution in [2.24, 2.45) is 7.05 Å². The zero-order valence-electron chi connectivity index (χ0n) is 17.2. The Hall–Kier alpha value is -2.19. The van der Waals surface area contributed by atoms with Gasteiger partial charge in [0.15, 0.2) is 0 Å². The highest BCUT2D eigenvalue weighted by molar-refractivity contribution is 5.97. The summed E-state index contributed by atoms with van der Waals surface area (Å²) in [4.78, 5) is 20.0. The first-order valence-electron chi connectivity index (χ1n) is 10.3. The van der Waals surface area contributed by atoms with E-state index in [2.05, 4.69) is 33.1 Å². The maximum atomic E-state index is 13.2. The number of carbonyl (C=O) groups excluding carboxylic acids is 1. The second-order valence-corrected chi connectivity index (χ2v) is 7.93. The summed E-state index contributed by atoms with van der Waals surface area (Å²) in [6, 6.07) is 2.00. The molecule has 4 rings (SSSR count). The van der Waals surface area contributed by atoms with Gasteiger partial charge in [-0.1, -0.05) is 0 Å². The fraction of sp³-hybridized carbons (Fsp3) is 0.650. The van der Waals surface area contributed by atoms with Crippen LogP contribution in [0, 0.1) is 6.92 Å². The van der Waals surface area contributed by atoms with Crippen molar-refractivity contribution in [2.75, 3.05) is 37.6 Å². The smallest absolute Gasteiger partial charge is 0.245 e. The largest absolute Gasteiger partial charge is 0.296 e. The molecule has 0 aliphatic carbocycles. The van der Waals surface area contributed by atoms with Crippen LogP contribution < -0.4 is 4.90 Å². The molecule has 2 aliphatic heterocycles. The minimum absolute atomic E-state index is 0.00560. The lowest BCUT2D eigenvalue weighted by atomic mass is 10.0. The highest BCUT2D eigenvalue weighted by Gasteiger charge is 2.36. The number of piperidine rings is 1. The Balaban J connectivity index is 1.36. The molecule has 2 aromatic heterocycles. The van der Waals surface area contributed by atoms with Gasteiger partial charge in [0.2, 0.25) is 5.91 Å². The van der Waals surface area contributed by atoms with Crippen LogP contribution in [0.2, 0.25) is 0 Å². The van der Waals surface area contributed by atoms with Crippen LogP contribution in [-0.2, 0) is 24.9 Å². The summed E-state index contributed by atoms with van der Waals surface area (Å²) in [6.07, 6.45) is 6.09. The summed E-state index contributed by atoms with van der Waals surface area (Å²) in [5.41, 5.74) is 2.22. The van der Waals surface area contributed by atoms with E-state index in [0.717, 1.165) is 70.2 Å². The van der Waals surface area contributed by atoms with Gasteiger partial charge in [-0.15, -0.1) is 0 Å². The molecule has 2 fully saturated rings. The molecule has 1 amide bonds. The maximum Gasteiger partial charge on any atom is 0.245 e. The molecule has 28 heavy (non-hydrogen) atoms. The Morgan fingerprint density at radius 1 is 1.18 bits per heavy atom. The van der Waals surface area contributed by atoms with E-state index in [9.17, 15) is 4.79 Å². The lowest BCUT2D eigenvalue weighted by molar-refractivity contribution is -0.126. The highest BCUT2D eigenvalue weighted by atomic mass is 16.2. The van der Waals surface area contributed by atoms with Crippen molar-refractivity contribution in [3.63, 3.8) is 0 Å². The molecule has 8 nitrogen and oxygen atoms in total. The van der Waals surface area contributed by atoms with E-state index in [1.54, 1.807) is 0 Å². The third-order valence-electron chi connectivity index (χ3n) is 5.93. The van der Waals surface area contributed by atoms with Crippen molar-refractivity contribution in [3.8, 4) is 0 Å². The molecular weight excluding hydrogens is 354 g/mol. The Morgan fingerprint density at radius 3 is 2.61 bits per heavy atom. The lowest BCUT2D eigenvalue weighted by Crippen LogP contribution is -2.57. The average molecular weight is 386 g/mol. The summed E-state index contributed by atoms with van der Waals surface area (Å²) in [6.45, 7) is 10.6. The van der Waals surface area contributed by atoms with Crippen LogP contribution in [-0.4, -0.2) is 74.0 Å². The number of aryl methyl sites for hydroxylation is 3. The third-order valence-corrected chi connectivity index (χ3v) is 5.93. The predicted molar refractivity (Wildman–Crippen MR) is 108 cm³/mol. The van der Waals surface area contributed by atoms with E-state index in [0.29, 0.717) is 0 Å². The van der Waals surface area contributed by atoms with Crippen molar-refractivity contribution in [2.45, 2.75) is 45.8 Å². The molecule has 1 unspecified atom stereocenters. The topological polar surface area (TPSA) is 62.4 Å². The van der Waals surface area contributed by atoms with Gasteiger partial charge in [0, 0.05) is 70.7 Å². The van der Waals surface area contributed by atoms with Gasteiger partial charge in [-0.05, 0) is 26.7 Å². The van der Waals surface area contributed by atoms with Crippen LogP contribution >= 0.6 is 0 Å². The lowest BCUT2D eigenvalue weighted by Gasteiger charge is -2.42. The first kappa shape index (κ1) is 19.1. The van der Waals surface area contributed by atoms with Gasteiger partial charge in [-0.2, -0.15) is 10.2 Å². The van der Waals surface area contributed by atoms with E-state index >= 15 is 0 Å². The summed E-state index contributed by atoms with van der Waals surface area (Å²) in [5.74, 6) is 1.14. The fourth-order valence-corrected chi connectivity index (χ4v) is 4.42. The summed E-state index contributed by atoms with van der Waals surface area (Å²) in [7, 11) is 1.92. The van der Waals surface area contributed by atoms with E-state index in [1.165, 1.54) is 5.56 Å². The Morgan fingerprint density at radius 2 is 1.96 bits per heavy atom. The average Bonchev–Trinajstić information content (AvgIpc) is 3.28. The first-order valence-corrected chi connectivity index (χ1v) is 10.3. The van der Waals surface area contributed by atoms with Gasteiger partial charge < -0.3 is 0 Å². The molecule has 2 aliphatic rings. The molecule has 0 radical (unpaired) electrons. The van der Waals surface area contributed by atoms with Gasteiger partial charge in [0.25, 0.3) is 0 Å². The minimum Gasteiger partial charge on any atom is -0.296 e. The van der Waals surface area contributed by atoms with Crippen LogP contribution in [0.25, 0.3) is 0 Å². The third kappa shape index (κ3) is 3.84. The number of hydrogen-bond donors (Lipinski definition) is 0. The van der Waals surface area contributed by atoms with Crippen molar-refractivity contribution in [3.05, 3.63) is 29.7 Å². The van der Waals surface area contributed by atoms with Gasteiger partial charge in [-0.3, -0.25) is 28.9 Å². The molecule has 2 aromatic rings. The SMILES string of the molecule is CCn1cc(CN2CCN(C3CCCN(c4cc(C)nn4C)C3=O)CC2)cn1. The molecular formula is C20H31N7O. The minimum atomic E-state index is -0.00560. The molecule has 1 atom stereocenters. The van der Waals surface area contributed by atoms with Crippen LogP contribution in [0.15, 0.2) is 18.5 Å². The molecule has 0 aromatic carbocycles. The second-order valence-electron chi connectivity index (χ2n) is 7.93. The monoisotopic (exact) mass is 385 g/mol. The molecule has 152 valence electrons. The van der Waals surface area contributed by atoms with Gasteiger partial charge in [0.05, 0.1) is 17.9 Å². The predicted octanol–water partition coefficient (Wildman–Crippen LogP) is 1.26. The Labute approximate surface area is 166 Å². The Bertz CT molecular complexity index is 818. The number of piperazine rings is 1. The molecule has 8 heteroatoms. The van der Waals surface area contributed by atoms with Crippen molar-refractivity contribution >= 4 is 11.7 Å². The summed E-state index contributed by atoms with van der Waals surface area (Å²) < 4.78 is 3.80. The van der Waals surface area contributed by atoms with E-state index in [-0.39, 0.29) is 11.9 Å². The van der Waals surface area contributed by atoms with E-state index < -0.39 is 0 Å². The summed E-state index contributed by atoms with van der Waals surface area (Å²) in [5, 5.41) is 8.78. The first-order chi connectivity index (χ1) is 13.5. The molecule has 0 N–H and O–H groups in total. The number of aromatic nitrogens is 4. The van der Waals surface area contributed by atoms with Gasteiger partial charge >= 0.3 is 0 Å². The zero-order chi connectivity index (χ0) is 19.7. The number of nitrogens with zero attached hydrogens (tertiary/aromatic N) is 7. The van der Waals surface area contributed by atoms with Crippen LogP contribution in [0.5, 0.6) is 0 Å². The van der Waals surface area contributed by atoms with Crippen LogP contribution in [0.1, 0.15) is 31.0 Å². The highest BCUT2D eigenvalue weighted by Crippen LogP contribution is 2.25. The standard InChI is InChI=1S/C20H31N7O/c1-4-26-15-17(13-21-26)14-24-8-10-25(11-9-24)18-6-5-7-27(20(18)28)19-12-16(2)22-23(19)3/h12-13,15,18H,4-11,14H2,1-3H3. The Kier molecular flexibility index (Phi) is 5.50. The van der Waals surface area contributed by atoms with Gasteiger partial charge in [-0.25, -0.2) is 0 Å². The fourth-order valence-electron chi connectivity index (χ4n) is 4.42. The molecule has 2 saturated heterocycles. The van der Waals surface area contributed by atoms with Crippen molar-refractivity contribution in [1.82, 2.24) is 29.4 Å². The van der Waals surface area contributed by atoms with Gasteiger partial charge in [0.1, 0.15) is 5.82 Å². The number of hydrogen-bond acceptors (Lipinski definition) is 5. The van der Waals surface area contributed by atoms with Crippen LogP contribution in [0.3, 0.4) is 0 Å².